The van der Waals surface area contributed by atoms with E-state index in [1.54, 1.807) is 0 Å². The van der Waals surface area contributed by atoms with Gasteiger partial charge in [-0.15, -0.1) is 0 Å². The SMILES string of the molecule is CCCOc1c(OCCC)c2c(=O)c3c(OCCC)c(OCCC)c4c(=O)c5c(OCCC)c(OCCC)c6c(=O)c7c(OCCC)c(OCCC)c8c(=O)c1c1c8c7c6c5c4c3c21. The molecule has 12 nitrogen and oxygen atoms in total. The highest BCUT2D eigenvalue weighted by atomic mass is 16.5. The molecule has 0 bridgehead atoms. The standard InChI is InChI=1S/C52H56O12/c1-9-17-57-45-33-25-26-28-30-32-31-29-27(25)35(41(33)53)47(59-19-11-3)49(61-21-13-5)37(29)43(55)39(31)51(63-23-15-7)52(64-24-16-8)40(32)44(56)38(30)50(62-22-14-6)48(60-20-12-4)36(28)42(54)34(26)46(45)58-18-10-2/h9-24H2,1-8H3. The molecule has 0 spiro atoms. The molecule has 0 unspecified atom stereocenters. The second-order valence-corrected chi connectivity index (χ2v) is 16.7. The molecule has 0 saturated heterocycles. The highest BCUT2D eigenvalue weighted by Gasteiger charge is 2.41. The highest BCUT2D eigenvalue weighted by molar-refractivity contribution is 6.51. The van der Waals surface area contributed by atoms with Crippen LogP contribution >= 0.6 is 0 Å². The lowest BCUT2D eigenvalue weighted by Crippen LogP contribution is -2.10. The summed E-state index contributed by atoms with van der Waals surface area (Å²) in [6, 6.07) is 0. The van der Waals surface area contributed by atoms with Crippen LogP contribution in [0, 0.1) is 0 Å². The fourth-order valence-corrected chi connectivity index (χ4v) is 9.78. The molecular weight excluding hydrogens is 817 g/mol. The van der Waals surface area contributed by atoms with Gasteiger partial charge in [0, 0.05) is 43.1 Å². The van der Waals surface area contributed by atoms with Crippen molar-refractivity contribution in [2.24, 2.45) is 0 Å². The van der Waals surface area contributed by atoms with E-state index in [1.165, 1.54) is 0 Å². The van der Waals surface area contributed by atoms with Gasteiger partial charge in [0.15, 0.2) is 46.0 Å². The van der Waals surface area contributed by atoms with Crippen molar-refractivity contribution in [1.29, 1.82) is 0 Å². The zero-order valence-corrected chi connectivity index (χ0v) is 38.2. The van der Waals surface area contributed by atoms with Gasteiger partial charge in [-0.2, -0.15) is 0 Å². The average molecular weight is 873 g/mol. The Kier molecular flexibility index (Phi) is 11.6. The lowest BCUT2D eigenvalue weighted by atomic mass is 9.93. The van der Waals surface area contributed by atoms with E-state index >= 15 is 19.2 Å². The van der Waals surface area contributed by atoms with Crippen molar-refractivity contribution >= 4 is 86.2 Å². The van der Waals surface area contributed by atoms with Crippen molar-refractivity contribution in [3.63, 3.8) is 0 Å². The van der Waals surface area contributed by atoms with Gasteiger partial charge in [0.1, 0.15) is 0 Å². The summed E-state index contributed by atoms with van der Waals surface area (Å²) in [7, 11) is 0. The Hall–Kier alpha value is -6.04. The second kappa shape index (κ2) is 17.2. The fraction of sp³-hybridized carbons (Fsp3) is 0.462. The molecule has 9 rings (SSSR count). The molecule has 64 heavy (non-hydrogen) atoms. The minimum Gasteiger partial charge on any atom is -0.489 e. The Bertz CT molecular complexity index is 2670. The van der Waals surface area contributed by atoms with E-state index in [9.17, 15) is 0 Å². The molecule has 0 aliphatic heterocycles. The molecule has 0 atom stereocenters. The third-order valence-electron chi connectivity index (χ3n) is 12.1. The number of benzene rings is 4. The molecule has 9 aromatic rings. The number of rotatable bonds is 24. The maximum atomic E-state index is 15.8. The number of hydrogen-bond donors (Lipinski definition) is 0. The first kappa shape index (κ1) is 43.2. The normalized spacial score (nSPS) is 12.4. The molecule has 0 aromatic heterocycles. The second-order valence-electron chi connectivity index (χ2n) is 16.7. The van der Waals surface area contributed by atoms with Gasteiger partial charge < -0.3 is 37.9 Å². The third kappa shape index (κ3) is 5.85. The van der Waals surface area contributed by atoms with Crippen molar-refractivity contribution in [2.75, 3.05) is 52.9 Å². The van der Waals surface area contributed by atoms with Crippen LogP contribution in [0.4, 0.5) is 0 Å². The molecule has 12 heteroatoms. The summed E-state index contributed by atoms with van der Waals surface area (Å²) >= 11 is 0. The molecule has 0 radical (unpaired) electrons. The minimum atomic E-state index is -0.411. The van der Waals surface area contributed by atoms with Crippen LogP contribution in [0.5, 0.6) is 46.0 Å². The molecule has 0 saturated carbocycles. The summed E-state index contributed by atoms with van der Waals surface area (Å²) in [6.07, 6.45) is 4.80. The highest BCUT2D eigenvalue weighted by Crippen LogP contribution is 2.60. The summed E-state index contributed by atoms with van der Waals surface area (Å²) in [6.45, 7) is 17.5. The van der Waals surface area contributed by atoms with Crippen molar-refractivity contribution in [3.05, 3.63) is 40.9 Å². The van der Waals surface area contributed by atoms with Gasteiger partial charge in [-0.3, -0.25) is 19.2 Å². The van der Waals surface area contributed by atoms with E-state index < -0.39 is 21.7 Å². The maximum Gasteiger partial charge on any atom is 0.202 e. The Morgan fingerprint density at radius 3 is 0.406 bits per heavy atom. The fourth-order valence-electron chi connectivity index (χ4n) is 9.78. The lowest BCUT2D eigenvalue weighted by Gasteiger charge is -2.18. The zero-order chi connectivity index (χ0) is 45.1. The van der Waals surface area contributed by atoms with Crippen LogP contribution in [0.25, 0.3) is 86.2 Å². The van der Waals surface area contributed by atoms with Crippen LogP contribution in [0.1, 0.15) is 107 Å². The zero-order valence-electron chi connectivity index (χ0n) is 38.2. The molecule has 336 valence electrons. The average Bonchev–Trinajstić information content (AvgIpc) is 3.97. The van der Waals surface area contributed by atoms with Gasteiger partial charge in [-0.25, -0.2) is 0 Å². The summed E-state index contributed by atoms with van der Waals surface area (Å²) in [5.74, 6) is 1.15. The lowest BCUT2D eigenvalue weighted by molar-refractivity contribution is 0.273. The summed E-state index contributed by atoms with van der Waals surface area (Å²) < 4.78 is 52.8. The first-order valence-corrected chi connectivity index (χ1v) is 23.4. The minimum absolute atomic E-state index is 0.144. The predicted molar refractivity (Wildman–Crippen MR) is 256 cm³/mol. The maximum absolute atomic E-state index is 15.8. The van der Waals surface area contributed by atoms with Crippen molar-refractivity contribution in [3.8, 4) is 46.0 Å². The monoisotopic (exact) mass is 872 g/mol. The van der Waals surface area contributed by atoms with E-state index in [4.69, 9.17) is 37.9 Å². The first-order chi connectivity index (χ1) is 31.2. The van der Waals surface area contributed by atoms with E-state index in [0.717, 1.165) is 0 Å². The van der Waals surface area contributed by atoms with Gasteiger partial charge in [-0.05, 0) is 51.4 Å². The molecule has 0 amide bonds. The van der Waals surface area contributed by atoms with E-state index in [-0.39, 0.29) is 142 Å². The van der Waals surface area contributed by atoms with Crippen LogP contribution in [0.3, 0.4) is 0 Å². The molecule has 0 heterocycles. The van der Waals surface area contributed by atoms with Crippen molar-refractivity contribution < 1.29 is 37.9 Å². The van der Waals surface area contributed by atoms with Gasteiger partial charge in [0.05, 0.1) is 95.9 Å². The third-order valence-corrected chi connectivity index (χ3v) is 12.1. The predicted octanol–water partition coefficient (Wildman–Crippen LogP) is 10.7. The molecular formula is C52H56O12. The van der Waals surface area contributed by atoms with Crippen LogP contribution in [0.15, 0.2) is 19.2 Å². The van der Waals surface area contributed by atoms with E-state index in [2.05, 4.69) is 0 Å². The van der Waals surface area contributed by atoms with Crippen LogP contribution in [-0.2, 0) is 0 Å². The van der Waals surface area contributed by atoms with Gasteiger partial charge in [-0.1, -0.05) is 55.4 Å². The Morgan fingerprint density at radius 1 is 0.203 bits per heavy atom. The largest absolute Gasteiger partial charge is 0.489 e. The summed E-state index contributed by atoms with van der Waals surface area (Å²) in [5, 5.41) is 4.87. The molecule has 0 aliphatic rings. The smallest absolute Gasteiger partial charge is 0.202 e. The van der Waals surface area contributed by atoms with Gasteiger partial charge >= 0.3 is 0 Å². The van der Waals surface area contributed by atoms with Gasteiger partial charge in [0.25, 0.3) is 0 Å². The molecule has 0 aliphatic carbocycles. The van der Waals surface area contributed by atoms with Gasteiger partial charge in [0.2, 0.25) is 21.7 Å². The summed E-state index contributed by atoms with van der Waals surface area (Å²) in [4.78, 5) is 63.3. The van der Waals surface area contributed by atoms with Crippen LogP contribution < -0.4 is 59.6 Å². The van der Waals surface area contributed by atoms with Crippen molar-refractivity contribution in [1.82, 2.24) is 0 Å². The number of ether oxygens (including phenoxy) is 8. The number of hydrogen-bond acceptors (Lipinski definition) is 12. The van der Waals surface area contributed by atoms with Crippen LogP contribution in [0.2, 0.25) is 0 Å². The molecule has 9 aromatic carbocycles. The first-order valence-electron chi connectivity index (χ1n) is 23.4. The quantitative estimate of drug-likeness (QED) is 0.0570. The topological polar surface area (TPSA) is 142 Å². The Morgan fingerprint density at radius 2 is 0.312 bits per heavy atom. The Balaban J connectivity index is 1.75. The Labute approximate surface area is 369 Å². The molecule has 0 fully saturated rings. The molecule has 0 N–H and O–H groups in total. The van der Waals surface area contributed by atoms with Crippen molar-refractivity contribution in [2.45, 2.75) is 107 Å². The van der Waals surface area contributed by atoms with Crippen LogP contribution in [-0.4, -0.2) is 52.9 Å². The van der Waals surface area contributed by atoms with E-state index in [0.29, 0.717) is 94.5 Å². The summed E-state index contributed by atoms with van der Waals surface area (Å²) in [5.41, 5.74) is -1.64. The van der Waals surface area contributed by atoms with E-state index in [1.807, 2.05) is 55.4 Å².